The zero-order chi connectivity index (χ0) is 26.0. The van der Waals surface area contributed by atoms with Gasteiger partial charge in [0, 0.05) is 0 Å². The second-order valence-electron chi connectivity index (χ2n) is 8.33. The van der Waals surface area contributed by atoms with Crippen LogP contribution in [-0.4, -0.2) is 34.2 Å². The lowest BCUT2D eigenvalue weighted by atomic mass is 9.93. The molecule has 0 radical (unpaired) electrons. The fourth-order valence-corrected chi connectivity index (χ4v) is 4.70. The molecule has 2 rings (SSSR count). The van der Waals surface area contributed by atoms with E-state index in [1.54, 1.807) is 14.0 Å². The number of anilines is 1. The number of nitrogens with zero attached hydrogens (tertiary/aromatic N) is 1. The number of sulfonamides is 1. The van der Waals surface area contributed by atoms with Gasteiger partial charge in [0.2, 0.25) is 15.9 Å². The van der Waals surface area contributed by atoms with E-state index in [0.717, 1.165) is 40.8 Å². The van der Waals surface area contributed by atoms with Crippen molar-refractivity contribution >= 4 is 33.2 Å². The van der Waals surface area contributed by atoms with Gasteiger partial charge in [-0.05, 0) is 66.8 Å². The van der Waals surface area contributed by atoms with Gasteiger partial charge in [-0.15, -0.1) is 0 Å². The predicted molar refractivity (Wildman–Crippen MR) is 127 cm³/mol. The Balaban J connectivity index is 2.35. The van der Waals surface area contributed by atoms with Gasteiger partial charge in [-0.2, -0.15) is 13.2 Å². The van der Waals surface area contributed by atoms with Gasteiger partial charge in [0.05, 0.1) is 35.7 Å². The average molecular weight is 521 g/mol. The molecule has 0 saturated carbocycles. The monoisotopic (exact) mass is 520 g/mol. The van der Waals surface area contributed by atoms with Crippen LogP contribution in [0.3, 0.4) is 0 Å². The fraction of sp³-hybridized carbons (Fsp3) is 0.435. The van der Waals surface area contributed by atoms with E-state index in [1.807, 2.05) is 32.9 Å². The summed E-state index contributed by atoms with van der Waals surface area (Å²) >= 11 is 6.01. The van der Waals surface area contributed by atoms with Crippen LogP contribution >= 0.6 is 11.6 Å². The van der Waals surface area contributed by atoms with E-state index < -0.39 is 45.9 Å². The van der Waals surface area contributed by atoms with Crippen LogP contribution in [0.1, 0.15) is 55.0 Å². The number of aryl methyl sites for hydroxylation is 1. The van der Waals surface area contributed by atoms with E-state index in [-0.39, 0.29) is 10.9 Å². The maximum atomic E-state index is 13.2. The first-order valence-electron chi connectivity index (χ1n) is 10.4. The summed E-state index contributed by atoms with van der Waals surface area (Å²) in [7, 11) is -2.56. The molecule has 0 spiro atoms. The Morgan fingerprint density at radius 1 is 1.15 bits per heavy atom. The van der Waals surface area contributed by atoms with E-state index in [9.17, 15) is 26.4 Å². The molecular formula is C23H28ClF3N2O4S. The van der Waals surface area contributed by atoms with E-state index >= 15 is 0 Å². The number of methoxy groups -OCH3 is 1. The molecule has 1 N–H and O–H groups in total. The molecule has 0 bridgehead atoms. The van der Waals surface area contributed by atoms with E-state index in [2.05, 4.69) is 5.32 Å². The van der Waals surface area contributed by atoms with E-state index in [1.165, 1.54) is 0 Å². The lowest BCUT2D eigenvalue weighted by molar-refractivity contribution is -0.137. The van der Waals surface area contributed by atoms with Crippen molar-refractivity contribution in [2.45, 2.75) is 45.8 Å². The van der Waals surface area contributed by atoms with Crippen LogP contribution in [0.4, 0.5) is 18.9 Å². The molecule has 0 aromatic heterocycles. The van der Waals surface area contributed by atoms with Crippen LogP contribution in [0, 0.1) is 6.92 Å². The van der Waals surface area contributed by atoms with Crippen LogP contribution in [-0.2, 0) is 21.0 Å². The topological polar surface area (TPSA) is 75.7 Å². The Morgan fingerprint density at radius 3 is 2.26 bits per heavy atom. The van der Waals surface area contributed by atoms with E-state index in [0.29, 0.717) is 10.4 Å². The highest BCUT2D eigenvalue weighted by Gasteiger charge is 2.33. The van der Waals surface area contributed by atoms with Crippen molar-refractivity contribution in [1.82, 2.24) is 5.32 Å². The van der Waals surface area contributed by atoms with Gasteiger partial charge in [-0.3, -0.25) is 9.10 Å². The number of hydrogen-bond acceptors (Lipinski definition) is 4. The molecule has 6 nitrogen and oxygen atoms in total. The second-order valence-corrected chi connectivity index (χ2v) is 10.6. The molecular weight excluding hydrogens is 493 g/mol. The number of carbonyl (C=O) groups is 1. The molecule has 0 aliphatic carbocycles. The number of ether oxygens (including phenoxy) is 1. The van der Waals surface area contributed by atoms with Gasteiger partial charge in [0.1, 0.15) is 12.3 Å². The largest absolute Gasteiger partial charge is 0.496 e. The number of carbonyl (C=O) groups excluding carboxylic acids is 1. The summed E-state index contributed by atoms with van der Waals surface area (Å²) in [6.45, 7) is 6.86. The maximum absolute atomic E-state index is 13.2. The third kappa shape index (κ3) is 6.56. The molecule has 0 heterocycles. The molecule has 0 saturated heterocycles. The lowest BCUT2D eigenvalue weighted by Gasteiger charge is -2.25. The Bertz CT molecular complexity index is 1170. The highest BCUT2D eigenvalue weighted by atomic mass is 35.5. The highest BCUT2D eigenvalue weighted by molar-refractivity contribution is 7.92. The van der Waals surface area contributed by atoms with Crippen molar-refractivity contribution in [2.75, 3.05) is 24.2 Å². The molecule has 34 heavy (non-hydrogen) atoms. The number of nitrogens with one attached hydrogen (secondary N) is 1. The van der Waals surface area contributed by atoms with Gasteiger partial charge < -0.3 is 10.1 Å². The number of alkyl halides is 3. The quantitative estimate of drug-likeness (QED) is 0.502. The van der Waals surface area contributed by atoms with Crippen LogP contribution < -0.4 is 14.4 Å². The van der Waals surface area contributed by atoms with Crippen LogP contribution in [0.25, 0.3) is 0 Å². The summed E-state index contributed by atoms with van der Waals surface area (Å²) in [4.78, 5) is 12.8. The number of amides is 1. The smallest absolute Gasteiger partial charge is 0.416 e. The third-order valence-electron chi connectivity index (χ3n) is 5.31. The lowest BCUT2D eigenvalue weighted by Crippen LogP contribution is -2.41. The number of benzene rings is 2. The fourth-order valence-electron chi connectivity index (χ4n) is 3.57. The van der Waals surface area contributed by atoms with Crippen LogP contribution in [0.2, 0.25) is 5.02 Å². The van der Waals surface area contributed by atoms with Gasteiger partial charge in [0.25, 0.3) is 0 Å². The summed E-state index contributed by atoms with van der Waals surface area (Å²) in [5, 5.41) is 2.50. The minimum absolute atomic E-state index is 0.154. The molecule has 2 aromatic rings. The molecule has 0 aliphatic heterocycles. The van der Waals surface area contributed by atoms with Crippen molar-refractivity contribution in [2.24, 2.45) is 0 Å². The highest BCUT2D eigenvalue weighted by Crippen LogP contribution is 2.36. The first-order valence-corrected chi connectivity index (χ1v) is 12.6. The van der Waals surface area contributed by atoms with Crippen LogP contribution in [0.15, 0.2) is 30.3 Å². The molecule has 0 aliphatic rings. The van der Waals surface area contributed by atoms with Crippen molar-refractivity contribution < 1.29 is 31.1 Å². The van der Waals surface area contributed by atoms with Crippen molar-refractivity contribution in [3.05, 3.63) is 57.6 Å². The summed E-state index contributed by atoms with van der Waals surface area (Å²) in [6, 6.07) is 5.58. The zero-order valence-electron chi connectivity index (χ0n) is 19.7. The summed E-state index contributed by atoms with van der Waals surface area (Å²) in [5.74, 6) is 0.172. The normalized spacial score (nSPS) is 13.0. The zero-order valence-corrected chi connectivity index (χ0v) is 21.3. The Kier molecular flexibility index (Phi) is 8.53. The van der Waals surface area contributed by atoms with Gasteiger partial charge in [0.15, 0.2) is 0 Å². The first kappa shape index (κ1) is 27.8. The van der Waals surface area contributed by atoms with Gasteiger partial charge >= 0.3 is 6.18 Å². The molecule has 2 aromatic carbocycles. The first-order chi connectivity index (χ1) is 15.6. The minimum atomic E-state index is -4.71. The summed E-state index contributed by atoms with van der Waals surface area (Å²) in [5.41, 5.74) is 1.10. The predicted octanol–water partition coefficient (Wildman–Crippen LogP) is 5.44. The molecule has 188 valence electrons. The Labute approximate surface area is 203 Å². The number of hydrogen-bond donors (Lipinski definition) is 1. The van der Waals surface area contributed by atoms with E-state index in [4.69, 9.17) is 16.3 Å². The summed E-state index contributed by atoms with van der Waals surface area (Å²) < 4.78 is 70.2. The Hall–Kier alpha value is -2.46. The molecule has 1 atom stereocenters. The summed E-state index contributed by atoms with van der Waals surface area (Å²) in [6.07, 6.45) is -3.91. The van der Waals surface area contributed by atoms with Crippen molar-refractivity contribution in [1.29, 1.82) is 0 Å². The maximum Gasteiger partial charge on any atom is 0.416 e. The molecule has 1 unspecified atom stereocenters. The molecule has 0 fully saturated rings. The SMILES string of the molecule is COc1cc(C)c(C(C)NC(=O)CN(c2cc(C(F)(F)F)ccc2Cl)S(C)(=O)=O)cc1C(C)C. The second kappa shape index (κ2) is 10.4. The Morgan fingerprint density at radius 2 is 1.76 bits per heavy atom. The standard InChI is InChI=1S/C23H28ClF3N2O4S/c1-13(2)17-11-18(14(3)9-21(17)33-5)15(4)28-22(30)12-29(34(6,31)32)20-10-16(23(25,26)27)7-8-19(20)24/h7-11,13,15H,12H2,1-6H3,(H,28,30). The van der Waals surface area contributed by atoms with Gasteiger partial charge in [-0.25, -0.2) is 8.42 Å². The van der Waals surface area contributed by atoms with Gasteiger partial charge in [-0.1, -0.05) is 25.4 Å². The minimum Gasteiger partial charge on any atom is -0.496 e. The number of halogens is 4. The number of rotatable bonds is 8. The third-order valence-corrected chi connectivity index (χ3v) is 6.76. The van der Waals surface area contributed by atoms with Crippen LogP contribution in [0.5, 0.6) is 5.75 Å². The molecule has 1 amide bonds. The van der Waals surface area contributed by atoms with Crippen molar-refractivity contribution in [3.63, 3.8) is 0 Å². The average Bonchev–Trinajstić information content (AvgIpc) is 2.70. The molecule has 11 heteroatoms. The van der Waals surface area contributed by atoms with Crippen molar-refractivity contribution in [3.8, 4) is 5.75 Å².